The molecule has 1 aliphatic heterocycles. The van der Waals surface area contributed by atoms with Gasteiger partial charge in [0.2, 0.25) is 0 Å². The van der Waals surface area contributed by atoms with Gasteiger partial charge in [0.25, 0.3) is 0 Å². The molecule has 0 spiro atoms. The van der Waals surface area contributed by atoms with E-state index in [9.17, 15) is 9.59 Å². The molecule has 0 aromatic rings. The summed E-state index contributed by atoms with van der Waals surface area (Å²) in [5.74, 6) is -0.456. The fourth-order valence-electron chi connectivity index (χ4n) is 1.58. The van der Waals surface area contributed by atoms with Gasteiger partial charge in [-0.15, -0.1) is 0 Å². The predicted octanol–water partition coefficient (Wildman–Crippen LogP) is 1.19. The third-order valence-corrected chi connectivity index (χ3v) is 2.32. The molecule has 1 rings (SSSR count). The summed E-state index contributed by atoms with van der Waals surface area (Å²) < 4.78 is 15.4. The van der Waals surface area contributed by atoms with Crippen molar-refractivity contribution in [1.82, 2.24) is 4.90 Å². The smallest absolute Gasteiger partial charge is 0.411 e. The third kappa shape index (κ3) is 4.18. The van der Waals surface area contributed by atoms with Crippen LogP contribution in [-0.2, 0) is 19.0 Å². The molecule has 6 heteroatoms. The lowest BCUT2D eigenvalue weighted by Crippen LogP contribution is -2.54. The monoisotopic (exact) mass is 259 g/mol. The summed E-state index contributed by atoms with van der Waals surface area (Å²) in [6.45, 7) is 8.22. The van der Waals surface area contributed by atoms with Crippen LogP contribution in [0.3, 0.4) is 0 Å². The maximum atomic E-state index is 12.0. The third-order valence-electron chi connectivity index (χ3n) is 2.32. The lowest BCUT2D eigenvalue weighted by Gasteiger charge is -2.35. The van der Waals surface area contributed by atoms with Gasteiger partial charge in [0, 0.05) is 6.54 Å². The first-order valence-electron chi connectivity index (χ1n) is 6.09. The Morgan fingerprint density at radius 1 is 1.39 bits per heavy atom. The van der Waals surface area contributed by atoms with E-state index >= 15 is 0 Å². The Bertz CT molecular complexity index is 310. The minimum Gasteiger partial charge on any atom is -0.464 e. The molecule has 1 fully saturated rings. The number of carbonyl (C=O) groups excluding carboxylic acids is 2. The minimum absolute atomic E-state index is 0.151. The molecule has 0 aliphatic carbocycles. The number of nitrogens with zero attached hydrogens (tertiary/aromatic N) is 1. The van der Waals surface area contributed by atoms with Crippen LogP contribution in [0.4, 0.5) is 4.79 Å². The number of ether oxygens (including phenoxy) is 3. The van der Waals surface area contributed by atoms with Crippen LogP contribution in [0.1, 0.15) is 27.7 Å². The topological polar surface area (TPSA) is 65.1 Å². The van der Waals surface area contributed by atoms with Gasteiger partial charge in [0.1, 0.15) is 5.60 Å². The molecule has 0 aromatic heterocycles. The second-order valence-corrected chi connectivity index (χ2v) is 5.02. The van der Waals surface area contributed by atoms with E-state index in [2.05, 4.69) is 0 Å². The number of morpholine rings is 1. The van der Waals surface area contributed by atoms with Gasteiger partial charge >= 0.3 is 12.1 Å². The molecule has 0 saturated carbocycles. The van der Waals surface area contributed by atoms with Gasteiger partial charge in [-0.1, -0.05) is 0 Å². The van der Waals surface area contributed by atoms with Crippen molar-refractivity contribution >= 4 is 12.1 Å². The van der Waals surface area contributed by atoms with Crippen molar-refractivity contribution in [2.75, 3.05) is 26.4 Å². The zero-order valence-corrected chi connectivity index (χ0v) is 11.4. The molecular formula is C12H21NO5. The van der Waals surface area contributed by atoms with Crippen LogP contribution in [0.5, 0.6) is 0 Å². The van der Waals surface area contributed by atoms with Gasteiger partial charge in [-0.05, 0) is 27.7 Å². The standard InChI is InChI=1S/C12H21NO5/c1-5-17-10(14)9-8-16-7-6-13(9)11(15)18-12(2,3)4/h9H,5-8H2,1-4H3/t9-/m0/s1. The fraction of sp³-hybridized carbons (Fsp3) is 0.833. The molecule has 18 heavy (non-hydrogen) atoms. The summed E-state index contributed by atoms with van der Waals surface area (Å²) in [6.07, 6.45) is -0.510. The van der Waals surface area contributed by atoms with E-state index in [1.807, 2.05) is 0 Å². The van der Waals surface area contributed by atoms with Crippen molar-refractivity contribution in [3.8, 4) is 0 Å². The van der Waals surface area contributed by atoms with Gasteiger partial charge in [-0.2, -0.15) is 0 Å². The average molecular weight is 259 g/mol. The number of hydrogen-bond donors (Lipinski definition) is 0. The van der Waals surface area contributed by atoms with Crippen LogP contribution in [-0.4, -0.2) is 55.0 Å². The van der Waals surface area contributed by atoms with Gasteiger partial charge in [-0.25, -0.2) is 9.59 Å². The van der Waals surface area contributed by atoms with E-state index in [1.165, 1.54) is 4.90 Å². The van der Waals surface area contributed by atoms with E-state index in [1.54, 1.807) is 27.7 Å². The Morgan fingerprint density at radius 3 is 2.61 bits per heavy atom. The lowest BCUT2D eigenvalue weighted by molar-refractivity contribution is -0.155. The number of hydrogen-bond acceptors (Lipinski definition) is 5. The maximum Gasteiger partial charge on any atom is 0.411 e. The molecule has 1 heterocycles. The predicted molar refractivity (Wildman–Crippen MR) is 64.2 cm³/mol. The Labute approximate surface area is 107 Å². The maximum absolute atomic E-state index is 12.0. The molecule has 0 radical (unpaired) electrons. The summed E-state index contributed by atoms with van der Waals surface area (Å²) in [4.78, 5) is 25.1. The van der Waals surface area contributed by atoms with Crippen LogP contribution in [0, 0.1) is 0 Å². The van der Waals surface area contributed by atoms with Crippen molar-refractivity contribution in [1.29, 1.82) is 0 Å². The van der Waals surface area contributed by atoms with Gasteiger partial charge in [0.15, 0.2) is 6.04 Å². The summed E-state index contributed by atoms with van der Waals surface area (Å²) >= 11 is 0. The summed E-state index contributed by atoms with van der Waals surface area (Å²) in [6, 6.07) is -0.714. The first-order chi connectivity index (χ1) is 8.35. The molecule has 1 aliphatic rings. The van der Waals surface area contributed by atoms with Crippen molar-refractivity contribution in [3.05, 3.63) is 0 Å². The molecule has 0 unspecified atom stereocenters. The highest BCUT2D eigenvalue weighted by Gasteiger charge is 2.36. The highest BCUT2D eigenvalue weighted by molar-refractivity contribution is 5.82. The Morgan fingerprint density at radius 2 is 2.06 bits per heavy atom. The molecule has 1 saturated heterocycles. The summed E-state index contributed by atoms with van der Waals surface area (Å²) in [5, 5.41) is 0. The quantitative estimate of drug-likeness (QED) is 0.697. The SMILES string of the molecule is CCOC(=O)[C@@H]1COCCN1C(=O)OC(C)(C)C. The Kier molecular flexibility index (Phi) is 4.95. The summed E-state index contributed by atoms with van der Waals surface area (Å²) in [5.41, 5.74) is -0.589. The minimum atomic E-state index is -0.714. The Hall–Kier alpha value is -1.30. The molecule has 0 N–H and O–H groups in total. The van der Waals surface area contributed by atoms with Crippen molar-refractivity contribution in [2.45, 2.75) is 39.3 Å². The van der Waals surface area contributed by atoms with E-state index in [-0.39, 0.29) is 13.2 Å². The Balaban J connectivity index is 2.70. The highest BCUT2D eigenvalue weighted by atomic mass is 16.6. The van der Waals surface area contributed by atoms with Gasteiger partial charge in [-0.3, -0.25) is 4.90 Å². The second-order valence-electron chi connectivity index (χ2n) is 5.02. The number of esters is 1. The largest absolute Gasteiger partial charge is 0.464 e. The molecule has 1 atom stereocenters. The molecule has 0 bridgehead atoms. The molecular weight excluding hydrogens is 238 g/mol. The van der Waals surface area contributed by atoms with Crippen molar-refractivity contribution in [3.63, 3.8) is 0 Å². The highest BCUT2D eigenvalue weighted by Crippen LogP contribution is 2.15. The number of carbonyl (C=O) groups is 2. The normalized spacial score (nSPS) is 20.4. The molecule has 104 valence electrons. The molecule has 6 nitrogen and oxygen atoms in total. The van der Waals surface area contributed by atoms with Crippen LogP contribution in [0.2, 0.25) is 0 Å². The molecule has 0 aromatic carbocycles. The van der Waals surface area contributed by atoms with E-state index in [4.69, 9.17) is 14.2 Å². The van der Waals surface area contributed by atoms with E-state index in [0.29, 0.717) is 13.2 Å². The second kappa shape index (κ2) is 6.04. The number of amides is 1. The van der Waals surface area contributed by atoms with Gasteiger partial charge in [0.05, 0.1) is 19.8 Å². The zero-order chi connectivity index (χ0) is 13.8. The van der Waals surface area contributed by atoms with Crippen LogP contribution < -0.4 is 0 Å². The van der Waals surface area contributed by atoms with Crippen molar-refractivity contribution in [2.24, 2.45) is 0 Å². The first-order valence-corrected chi connectivity index (χ1v) is 6.09. The van der Waals surface area contributed by atoms with Crippen LogP contribution >= 0.6 is 0 Å². The lowest BCUT2D eigenvalue weighted by atomic mass is 10.2. The van der Waals surface area contributed by atoms with Crippen molar-refractivity contribution < 1.29 is 23.8 Å². The van der Waals surface area contributed by atoms with Crippen LogP contribution in [0.25, 0.3) is 0 Å². The van der Waals surface area contributed by atoms with Gasteiger partial charge < -0.3 is 14.2 Å². The fourth-order valence-corrected chi connectivity index (χ4v) is 1.58. The number of rotatable bonds is 2. The zero-order valence-electron chi connectivity index (χ0n) is 11.4. The van der Waals surface area contributed by atoms with E-state index < -0.39 is 23.7 Å². The summed E-state index contributed by atoms with van der Waals surface area (Å²) in [7, 11) is 0. The average Bonchev–Trinajstić information content (AvgIpc) is 2.27. The van der Waals surface area contributed by atoms with E-state index in [0.717, 1.165) is 0 Å². The first kappa shape index (κ1) is 14.8. The molecule has 1 amide bonds. The van der Waals surface area contributed by atoms with Crippen LogP contribution in [0.15, 0.2) is 0 Å².